The van der Waals surface area contributed by atoms with Gasteiger partial charge in [-0.1, -0.05) is 26.8 Å². The molecule has 0 heterocycles. The van der Waals surface area contributed by atoms with E-state index < -0.39 is 0 Å². The predicted molar refractivity (Wildman–Crippen MR) is 129 cm³/mol. The summed E-state index contributed by atoms with van der Waals surface area (Å²) in [6.45, 7) is 8.85. The van der Waals surface area contributed by atoms with Crippen LogP contribution >= 0.6 is 12.2 Å². The van der Waals surface area contributed by atoms with Crippen LogP contribution in [0.2, 0.25) is 0 Å². The zero-order chi connectivity index (χ0) is 22.8. The van der Waals surface area contributed by atoms with E-state index in [9.17, 15) is 9.59 Å². The number of benzene rings is 2. The summed E-state index contributed by atoms with van der Waals surface area (Å²) in [5, 5.41) is 8.72. The minimum Gasteiger partial charge on any atom is -0.494 e. The Morgan fingerprint density at radius 2 is 1.71 bits per heavy atom. The normalized spacial score (nSPS) is 11.5. The number of hydrogen-bond acceptors (Lipinski definition) is 4. The summed E-state index contributed by atoms with van der Waals surface area (Å²) in [7, 11) is 0. The van der Waals surface area contributed by atoms with Gasteiger partial charge in [0.25, 0.3) is 11.8 Å². The third-order valence-corrected chi connectivity index (χ3v) is 4.89. The Hall–Kier alpha value is -2.93. The fourth-order valence-corrected chi connectivity index (χ4v) is 2.80. The largest absolute Gasteiger partial charge is 0.494 e. The van der Waals surface area contributed by atoms with Crippen molar-refractivity contribution in [3.05, 3.63) is 59.7 Å². The van der Waals surface area contributed by atoms with E-state index in [4.69, 9.17) is 17.0 Å². The van der Waals surface area contributed by atoms with Crippen LogP contribution in [-0.4, -0.2) is 29.6 Å². The van der Waals surface area contributed by atoms with Gasteiger partial charge < -0.3 is 15.4 Å². The van der Waals surface area contributed by atoms with Crippen molar-refractivity contribution >= 4 is 34.8 Å². The van der Waals surface area contributed by atoms with E-state index in [2.05, 4.69) is 29.8 Å². The highest BCUT2D eigenvalue weighted by atomic mass is 32.1. The summed E-state index contributed by atoms with van der Waals surface area (Å²) in [5.41, 5.74) is 1.70. The van der Waals surface area contributed by atoms with Crippen LogP contribution in [0, 0.1) is 5.92 Å². The monoisotopic (exact) mass is 441 g/mol. The highest BCUT2D eigenvalue weighted by Gasteiger charge is 2.11. The Bertz CT molecular complexity index is 897. The number of anilines is 1. The first-order valence-electron chi connectivity index (χ1n) is 10.5. The van der Waals surface area contributed by atoms with Gasteiger partial charge in [-0.25, -0.2) is 0 Å². The van der Waals surface area contributed by atoms with Crippen LogP contribution in [0.15, 0.2) is 48.5 Å². The van der Waals surface area contributed by atoms with Gasteiger partial charge >= 0.3 is 0 Å². The molecule has 31 heavy (non-hydrogen) atoms. The SMILES string of the molecule is CCC(C)NC(=O)c1ccc(NC(=S)NC(=O)c2cccc(OCCC(C)C)c2)cc1. The molecule has 0 aromatic heterocycles. The van der Waals surface area contributed by atoms with Crippen molar-refractivity contribution in [2.75, 3.05) is 11.9 Å². The van der Waals surface area contributed by atoms with Crippen LogP contribution in [0.4, 0.5) is 5.69 Å². The van der Waals surface area contributed by atoms with Gasteiger partial charge in [0.05, 0.1) is 6.61 Å². The topological polar surface area (TPSA) is 79.5 Å². The molecule has 2 aromatic rings. The molecule has 1 atom stereocenters. The molecule has 166 valence electrons. The molecule has 3 N–H and O–H groups in total. The number of carbonyl (C=O) groups is 2. The molecule has 2 aromatic carbocycles. The van der Waals surface area contributed by atoms with Gasteiger partial charge in [-0.15, -0.1) is 0 Å². The molecule has 0 aliphatic heterocycles. The molecule has 0 radical (unpaired) electrons. The first-order chi connectivity index (χ1) is 14.8. The minimum absolute atomic E-state index is 0.118. The van der Waals surface area contributed by atoms with Crippen molar-refractivity contribution in [1.29, 1.82) is 0 Å². The average Bonchev–Trinajstić information content (AvgIpc) is 2.74. The summed E-state index contributed by atoms with van der Waals surface area (Å²) in [5.74, 6) is 0.764. The van der Waals surface area contributed by atoms with Crippen LogP contribution in [0.3, 0.4) is 0 Å². The second-order valence-electron chi connectivity index (χ2n) is 7.83. The van der Waals surface area contributed by atoms with Gasteiger partial charge in [-0.05, 0) is 80.4 Å². The van der Waals surface area contributed by atoms with E-state index in [0.717, 1.165) is 12.8 Å². The maximum absolute atomic E-state index is 12.5. The molecular formula is C24H31N3O3S. The van der Waals surface area contributed by atoms with Gasteiger partial charge in [0.15, 0.2) is 5.11 Å². The van der Waals surface area contributed by atoms with Gasteiger partial charge in [-0.3, -0.25) is 14.9 Å². The van der Waals surface area contributed by atoms with Crippen LogP contribution in [0.5, 0.6) is 5.75 Å². The van der Waals surface area contributed by atoms with Crippen molar-refractivity contribution in [2.24, 2.45) is 5.92 Å². The molecule has 0 spiro atoms. The van der Waals surface area contributed by atoms with E-state index >= 15 is 0 Å². The fourth-order valence-electron chi connectivity index (χ4n) is 2.59. The van der Waals surface area contributed by atoms with Gasteiger partial charge in [-0.2, -0.15) is 0 Å². The van der Waals surface area contributed by atoms with Crippen LogP contribution < -0.4 is 20.7 Å². The van der Waals surface area contributed by atoms with Crippen molar-refractivity contribution in [1.82, 2.24) is 10.6 Å². The molecule has 2 amide bonds. The standard InChI is InChI=1S/C24H31N3O3S/c1-5-17(4)25-22(28)18-9-11-20(12-10-18)26-24(31)27-23(29)19-7-6-8-21(15-19)30-14-13-16(2)3/h6-12,15-17H,5,13-14H2,1-4H3,(H,25,28)(H2,26,27,29,31). The Balaban J connectivity index is 1.89. The van der Waals surface area contributed by atoms with Crippen molar-refractivity contribution in [3.63, 3.8) is 0 Å². The maximum Gasteiger partial charge on any atom is 0.257 e. The fraction of sp³-hybridized carbons (Fsp3) is 0.375. The highest BCUT2D eigenvalue weighted by molar-refractivity contribution is 7.80. The quantitative estimate of drug-likeness (QED) is 0.489. The third kappa shape index (κ3) is 8.38. The van der Waals surface area contributed by atoms with E-state index in [1.165, 1.54) is 0 Å². The van der Waals surface area contributed by atoms with Crippen LogP contribution in [-0.2, 0) is 0 Å². The summed E-state index contributed by atoms with van der Waals surface area (Å²) >= 11 is 5.25. The van der Waals surface area contributed by atoms with E-state index in [1.807, 2.05) is 19.9 Å². The Morgan fingerprint density at radius 1 is 1.00 bits per heavy atom. The summed E-state index contributed by atoms with van der Waals surface area (Å²) < 4.78 is 5.71. The lowest BCUT2D eigenvalue weighted by molar-refractivity contribution is 0.0937. The molecule has 0 saturated carbocycles. The molecule has 0 aliphatic carbocycles. The molecule has 0 aliphatic rings. The number of thiocarbonyl (C=S) groups is 1. The number of hydrogen-bond donors (Lipinski definition) is 3. The number of ether oxygens (including phenoxy) is 1. The highest BCUT2D eigenvalue weighted by Crippen LogP contribution is 2.15. The first kappa shape index (κ1) is 24.3. The second kappa shape index (κ2) is 12.1. The number of rotatable bonds is 9. The molecule has 1 unspecified atom stereocenters. The molecule has 0 saturated heterocycles. The average molecular weight is 442 g/mol. The zero-order valence-electron chi connectivity index (χ0n) is 18.5. The molecule has 7 heteroatoms. The summed E-state index contributed by atoms with van der Waals surface area (Å²) in [4.78, 5) is 24.7. The smallest absolute Gasteiger partial charge is 0.257 e. The predicted octanol–water partition coefficient (Wildman–Crippen LogP) is 4.77. The molecule has 2 rings (SSSR count). The van der Waals surface area contributed by atoms with Gasteiger partial charge in [0.1, 0.15) is 5.75 Å². The lowest BCUT2D eigenvalue weighted by Crippen LogP contribution is -2.34. The minimum atomic E-state index is -0.323. The summed E-state index contributed by atoms with van der Waals surface area (Å²) in [6.07, 6.45) is 1.81. The molecular weight excluding hydrogens is 410 g/mol. The Morgan fingerprint density at radius 3 is 2.35 bits per heavy atom. The lowest BCUT2D eigenvalue weighted by atomic mass is 10.1. The van der Waals surface area contributed by atoms with Crippen LogP contribution in [0.1, 0.15) is 61.3 Å². The Labute approximate surface area is 189 Å². The van der Waals surface area contributed by atoms with Gasteiger partial charge in [0.2, 0.25) is 0 Å². The molecule has 6 nitrogen and oxygen atoms in total. The molecule has 0 fully saturated rings. The summed E-state index contributed by atoms with van der Waals surface area (Å²) in [6, 6.07) is 14.0. The number of amides is 2. The zero-order valence-corrected chi connectivity index (χ0v) is 19.3. The van der Waals surface area contributed by atoms with Crippen molar-refractivity contribution in [2.45, 2.75) is 46.6 Å². The van der Waals surface area contributed by atoms with Crippen LogP contribution in [0.25, 0.3) is 0 Å². The van der Waals surface area contributed by atoms with E-state index in [-0.39, 0.29) is 23.0 Å². The second-order valence-corrected chi connectivity index (χ2v) is 8.24. The first-order valence-corrected chi connectivity index (χ1v) is 11.0. The Kier molecular flexibility index (Phi) is 9.46. The number of carbonyl (C=O) groups excluding carboxylic acids is 2. The number of nitrogens with one attached hydrogen (secondary N) is 3. The lowest BCUT2D eigenvalue weighted by Gasteiger charge is -2.13. The van der Waals surface area contributed by atoms with Gasteiger partial charge in [0, 0.05) is 22.9 Å². The van der Waals surface area contributed by atoms with E-state index in [0.29, 0.717) is 35.1 Å². The third-order valence-electron chi connectivity index (χ3n) is 4.68. The van der Waals surface area contributed by atoms with Crippen molar-refractivity contribution in [3.8, 4) is 5.75 Å². The molecule has 0 bridgehead atoms. The maximum atomic E-state index is 12.5. The van der Waals surface area contributed by atoms with Crippen molar-refractivity contribution < 1.29 is 14.3 Å². The van der Waals surface area contributed by atoms with E-state index in [1.54, 1.807) is 42.5 Å².